The van der Waals surface area contributed by atoms with E-state index in [1.54, 1.807) is 10.4 Å². The molecule has 0 amide bonds. The van der Waals surface area contributed by atoms with Gasteiger partial charge in [0.15, 0.2) is 0 Å². The molecule has 1 aromatic carbocycles. The molecule has 0 fully saturated rings. The smallest absolute Gasteiger partial charge is 0.265 e. The first-order chi connectivity index (χ1) is 10.1. The first kappa shape index (κ1) is 14.9. The first-order valence-corrected chi connectivity index (χ1v) is 9.67. The average Bonchev–Trinajstić information content (AvgIpc) is 2.96. The SMILES string of the molecule is O=S(=O)(c1ccc(CCCl)s1)N1CCCc2ccccc21. The molecular weight excluding hydrogens is 326 g/mol. The Balaban J connectivity index is 1.99. The molecule has 0 saturated heterocycles. The molecule has 0 radical (unpaired) electrons. The highest BCUT2D eigenvalue weighted by Gasteiger charge is 2.29. The maximum Gasteiger partial charge on any atom is 0.273 e. The number of halogens is 1. The van der Waals surface area contributed by atoms with E-state index >= 15 is 0 Å². The van der Waals surface area contributed by atoms with E-state index in [0.29, 0.717) is 23.1 Å². The summed E-state index contributed by atoms with van der Waals surface area (Å²) in [7, 11) is -3.46. The number of fused-ring (bicyclic) bond motifs is 1. The molecule has 112 valence electrons. The molecular formula is C15H16ClNO2S2. The Morgan fingerprint density at radius 3 is 2.81 bits per heavy atom. The van der Waals surface area contributed by atoms with Crippen LogP contribution in [0.5, 0.6) is 0 Å². The zero-order valence-corrected chi connectivity index (χ0v) is 13.8. The lowest BCUT2D eigenvalue weighted by atomic mass is 10.0. The van der Waals surface area contributed by atoms with Crippen molar-refractivity contribution in [1.82, 2.24) is 0 Å². The van der Waals surface area contributed by atoms with Gasteiger partial charge in [0.2, 0.25) is 0 Å². The lowest BCUT2D eigenvalue weighted by Crippen LogP contribution is -2.35. The lowest BCUT2D eigenvalue weighted by molar-refractivity contribution is 0.588. The van der Waals surface area contributed by atoms with Crippen molar-refractivity contribution in [2.24, 2.45) is 0 Å². The van der Waals surface area contributed by atoms with E-state index in [9.17, 15) is 8.42 Å². The zero-order valence-electron chi connectivity index (χ0n) is 11.5. The van der Waals surface area contributed by atoms with Gasteiger partial charge in [-0.2, -0.15) is 0 Å². The summed E-state index contributed by atoms with van der Waals surface area (Å²) in [6.45, 7) is 0.544. The third kappa shape index (κ3) is 2.82. The van der Waals surface area contributed by atoms with Gasteiger partial charge in [-0.05, 0) is 43.0 Å². The highest BCUT2D eigenvalue weighted by molar-refractivity contribution is 7.94. The highest BCUT2D eigenvalue weighted by atomic mass is 35.5. The van der Waals surface area contributed by atoms with Crippen molar-refractivity contribution >= 4 is 38.6 Å². The predicted molar refractivity (Wildman–Crippen MR) is 88.0 cm³/mol. The standard InChI is InChI=1S/C15H16ClNO2S2/c16-10-9-13-7-8-15(20-13)21(18,19)17-11-3-5-12-4-1-2-6-14(12)17/h1-2,4,6-8H,3,5,9-11H2. The van der Waals surface area contributed by atoms with Crippen LogP contribution in [0.4, 0.5) is 5.69 Å². The Bertz CT molecular complexity index is 740. The molecule has 0 saturated carbocycles. The van der Waals surface area contributed by atoms with Gasteiger partial charge in [0.1, 0.15) is 4.21 Å². The van der Waals surface area contributed by atoms with Crippen molar-refractivity contribution in [3.05, 3.63) is 46.8 Å². The van der Waals surface area contributed by atoms with Crippen LogP contribution in [-0.2, 0) is 22.9 Å². The molecule has 0 bridgehead atoms. The maximum atomic E-state index is 12.9. The van der Waals surface area contributed by atoms with Crippen molar-refractivity contribution in [3.63, 3.8) is 0 Å². The van der Waals surface area contributed by atoms with E-state index in [1.807, 2.05) is 30.3 Å². The summed E-state index contributed by atoms with van der Waals surface area (Å²) in [4.78, 5) is 1.01. The van der Waals surface area contributed by atoms with Crippen LogP contribution in [0.15, 0.2) is 40.6 Å². The van der Waals surface area contributed by atoms with Gasteiger partial charge >= 0.3 is 0 Å². The molecule has 3 nitrogen and oxygen atoms in total. The number of hydrogen-bond acceptors (Lipinski definition) is 3. The van der Waals surface area contributed by atoms with Gasteiger partial charge in [-0.15, -0.1) is 22.9 Å². The third-order valence-corrected chi connectivity index (χ3v) is 7.20. The van der Waals surface area contributed by atoms with E-state index < -0.39 is 10.0 Å². The second-order valence-corrected chi connectivity index (χ2v) is 8.60. The molecule has 0 aliphatic carbocycles. The van der Waals surface area contributed by atoms with Crippen molar-refractivity contribution < 1.29 is 8.42 Å². The van der Waals surface area contributed by atoms with Crippen LogP contribution in [0.2, 0.25) is 0 Å². The minimum atomic E-state index is -3.46. The summed E-state index contributed by atoms with van der Waals surface area (Å²) in [5.41, 5.74) is 1.92. The van der Waals surface area contributed by atoms with Gasteiger partial charge in [-0.3, -0.25) is 4.31 Å². The van der Waals surface area contributed by atoms with E-state index in [1.165, 1.54) is 11.3 Å². The van der Waals surface area contributed by atoms with Crippen LogP contribution in [0, 0.1) is 0 Å². The number of nitrogens with zero attached hydrogens (tertiary/aromatic N) is 1. The number of benzene rings is 1. The lowest BCUT2D eigenvalue weighted by Gasteiger charge is -2.29. The van der Waals surface area contributed by atoms with Gasteiger partial charge in [-0.1, -0.05) is 18.2 Å². The Morgan fingerprint density at radius 1 is 1.19 bits per heavy atom. The topological polar surface area (TPSA) is 37.4 Å². The van der Waals surface area contributed by atoms with Crippen LogP contribution < -0.4 is 4.31 Å². The second-order valence-electron chi connectivity index (χ2n) is 4.97. The van der Waals surface area contributed by atoms with Gasteiger partial charge in [0.05, 0.1) is 5.69 Å². The molecule has 0 atom stereocenters. The summed E-state index contributed by atoms with van der Waals surface area (Å²) >= 11 is 7.04. The quantitative estimate of drug-likeness (QED) is 0.796. The van der Waals surface area contributed by atoms with E-state index in [4.69, 9.17) is 11.6 Å². The number of para-hydroxylation sites is 1. The third-order valence-electron chi connectivity index (χ3n) is 3.59. The maximum absolute atomic E-state index is 12.9. The summed E-state index contributed by atoms with van der Waals surface area (Å²) in [6, 6.07) is 11.3. The molecule has 0 unspecified atom stereocenters. The number of thiophene rings is 1. The largest absolute Gasteiger partial charge is 0.273 e. The number of aryl methyl sites for hydroxylation is 2. The second kappa shape index (κ2) is 5.99. The number of alkyl halides is 1. The Labute approximate surface area is 134 Å². The van der Waals surface area contributed by atoms with Crippen LogP contribution in [0.1, 0.15) is 16.9 Å². The Kier molecular flexibility index (Phi) is 4.24. The fourth-order valence-electron chi connectivity index (χ4n) is 2.58. The van der Waals surface area contributed by atoms with Crippen molar-refractivity contribution in [2.75, 3.05) is 16.7 Å². The van der Waals surface area contributed by atoms with Gasteiger partial charge in [0, 0.05) is 17.3 Å². The number of anilines is 1. The summed E-state index contributed by atoms with van der Waals surface area (Å²) < 4.78 is 27.7. The molecule has 2 aromatic rings. The van der Waals surface area contributed by atoms with Crippen LogP contribution >= 0.6 is 22.9 Å². The van der Waals surface area contributed by atoms with E-state index in [-0.39, 0.29) is 0 Å². The molecule has 1 aliphatic heterocycles. The highest BCUT2D eigenvalue weighted by Crippen LogP contribution is 2.34. The summed E-state index contributed by atoms with van der Waals surface area (Å²) in [5.74, 6) is 0.506. The number of rotatable bonds is 4. The predicted octanol–water partition coefficient (Wildman–Crippen LogP) is 3.67. The Hall–Kier alpha value is -1.04. The van der Waals surface area contributed by atoms with Gasteiger partial charge in [0.25, 0.3) is 10.0 Å². The molecule has 6 heteroatoms. The molecule has 2 heterocycles. The molecule has 0 spiro atoms. The number of hydrogen-bond donors (Lipinski definition) is 0. The van der Waals surface area contributed by atoms with Crippen molar-refractivity contribution in [3.8, 4) is 0 Å². The fourth-order valence-corrected chi connectivity index (χ4v) is 5.91. The molecule has 1 aromatic heterocycles. The Morgan fingerprint density at radius 2 is 2.00 bits per heavy atom. The van der Waals surface area contributed by atoms with E-state index in [0.717, 1.165) is 29.0 Å². The van der Waals surface area contributed by atoms with Crippen molar-refractivity contribution in [2.45, 2.75) is 23.5 Å². The van der Waals surface area contributed by atoms with Crippen LogP contribution in [-0.4, -0.2) is 20.8 Å². The number of sulfonamides is 1. The molecule has 0 N–H and O–H groups in total. The summed E-state index contributed by atoms with van der Waals surface area (Å²) in [5, 5.41) is 0. The van der Waals surface area contributed by atoms with E-state index in [2.05, 4.69) is 0 Å². The minimum Gasteiger partial charge on any atom is -0.265 e. The zero-order chi connectivity index (χ0) is 14.9. The van der Waals surface area contributed by atoms with Gasteiger partial charge < -0.3 is 0 Å². The summed E-state index contributed by atoms with van der Waals surface area (Å²) in [6.07, 6.45) is 2.50. The monoisotopic (exact) mass is 341 g/mol. The average molecular weight is 342 g/mol. The minimum absolute atomic E-state index is 0.402. The molecule has 1 aliphatic rings. The molecule has 21 heavy (non-hydrogen) atoms. The molecule has 3 rings (SSSR count). The normalized spacial score (nSPS) is 15.0. The van der Waals surface area contributed by atoms with Gasteiger partial charge in [-0.25, -0.2) is 8.42 Å². The first-order valence-electron chi connectivity index (χ1n) is 6.88. The van der Waals surface area contributed by atoms with Crippen molar-refractivity contribution in [1.29, 1.82) is 0 Å². The fraction of sp³-hybridized carbons (Fsp3) is 0.333. The van der Waals surface area contributed by atoms with Crippen LogP contribution in [0.3, 0.4) is 0 Å². The van der Waals surface area contributed by atoms with Crippen LogP contribution in [0.25, 0.3) is 0 Å².